The maximum absolute atomic E-state index is 13.3. The fourth-order valence-electron chi connectivity index (χ4n) is 3.73. The molecule has 2 fully saturated rings. The van der Waals surface area contributed by atoms with Crippen molar-refractivity contribution in [2.75, 3.05) is 65.6 Å². The topological polar surface area (TPSA) is 65.1 Å². The Balaban J connectivity index is 1.64. The number of hydrogen-bond acceptors (Lipinski definition) is 5. The molecule has 28 heavy (non-hydrogen) atoms. The van der Waals surface area contributed by atoms with Gasteiger partial charge in [0.2, 0.25) is 11.8 Å². The third kappa shape index (κ3) is 5.41. The monoisotopic (exact) mass is 386 g/mol. The minimum absolute atomic E-state index is 0.0114. The van der Waals surface area contributed by atoms with Gasteiger partial charge < -0.3 is 15.0 Å². The van der Waals surface area contributed by atoms with Gasteiger partial charge in [0.05, 0.1) is 19.8 Å². The molecule has 0 aliphatic carbocycles. The van der Waals surface area contributed by atoms with Crippen LogP contribution in [0, 0.1) is 0 Å². The summed E-state index contributed by atoms with van der Waals surface area (Å²) in [6, 6.07) is 9.70. The predicted molar refractivity (Wildman–Crippen MR) is 108 cm³/mol. The smallest absolute Gasteiger partial charge is 0.244 e. The molecule has 1 aromatic carbocycles. The molecule has 0 spiro atoms. The quantitative estimate of drug-likeness (QED) is 0.692. The van der Waals surface area contributed by atoms with E-state index in [2.05, 4.69) is 21.7 Å². The predicted octanol–water partition coefficient (Wildman–Crippen LogP) is 0.506. The zero-order valence-electron chi connectivity index (χ0n) is 16.4. The maximum atomic E-state index is 13.3. The highest BCUT2D eigenvalue weighted by atomic mass is 16.5. The van der Waals surface area contributed by atoms with Crippen molar-refractivity contribution >= 4 is 11.8 Å². The molecule has 3 rings (SSSR count). The van der Waals surface area contributed by atoms with E-state index in [1.807, 2.05) is 35.2 Å². The first-order chi connectivity index (χ1) is 13.7. The van der Waals surface area contributed by atoms with Crippen molar-refractivity contribution in [1.82, 2.24) is 20.0 Å². The van der Waals surface area contributed by atoms with Crippen LogP contribution in [0.5, 0.6) is 0 Å². The highest BCUT2D eigenvalue weighted by Gasteiger charge is 2.34. The molecule has 152 valence electrons. The summed E-state index contributed by atoms with van der Waals surface area (Å²) in [5.41, 5.74) is 1.02. The van der Waals surface area contributed by atoms with E-state index in [1.54, 1.807) is 6.08 Å². The van der Waals surface area contributed by atoms with Gasteiger partial charge in [-0.3, -0.25) is 19.4 Å². The highest BCUT2D eigenvalue weighted by Crippen LogP contribution is 2.25. The number of carbonyl (C=O) groups excluding carboxylic acids is 2. The minimum atomic E-state index is -0.281. The van der Waals surface area contributed by atoms with Crippen molar-refractivity contribution in [2.45, 2.75) is 6.04 Å². The van der Waals surface area contributed by atoms with Crippen LogP contribution < -0.4 is 5.32 Å². The molecule has 1 N–H and O–H groups in total. The number of ether oxygens (including phenoxy) is 1. The summed E-state index contributed by atoms with van der Waals surface area (Å²) in [6.07, 6.45) is 1.68. The second kappa shape index (κ2) is 10.4. The van der Waals surface area contributed by atoms with Crippen molar-refractivity contribution in [3.63, 3.8) is 0 Å². The average molecular weight is 386 g/mol. The average Bonchev–Trinajstić information content (AvgIpc) is 2.75. The van der Waals surface area contributed by atoms with Crippen LogP contribution in [0.1, 0.15) is 11.6 Å². The van der Waals surface area contributed by atoms with Crippen LogP contribution >= 0.6 is 0 Å². The summed E-state index contributed by atoms with van der Waals surface area (Å²) < 4.78 is 5.40. The lowest BCUT2D eigenvalue weighted by Crippen LogP contribution is -2.54. The minimum Gasteiger partial charge on any atom is -0.378 e. The zero-order chi connectivity index (χ0) is 19.8. The molecule has 2 heterocycles. The van der Waals surface area contributed by atoms with E-state index in [0.717, 1.165) is 31.7 Å². The lowest BCUT2D eigenvalue weighted by Gasteiger charge is -2.40. The standard InChI is InChI=1S/C21H30N4O3/c1-2-8-22-19(26)17-23-9-11-24(12-10-23)20(18-6-4-3-5-7-18)21(27)25-13-15-28-16-14-25/h2-7,20H,1,8-17H2,(H,22,26). The molecule has 2 aliphatic heterocycles. The third-order valence-corrected chi connectivity index (χ3v) is 5.25. The molecule has 2 aliphatic rings. The van der Waals surface area contributed by atoms with Gasteiger partial charge in [-0.1, -0.05) is 36.4 Å². The summed E-state index contributed by atoms with van der Waals surface area (Å²) in [6.45, 7) is 10.0. The molecule has 0 radical (unpaired) electrons. The fourth-order valence-corrected chi connectivity index (χ4v) is 3.73. The summed E-state index contributed by atoms with van der Waals surface area (Å²) in [5, 5.41) is 2.82. The summed E-state index contributed by atoms with van der Waals surface area (Å²) >= 11 is 0. The van der Waals surface area contributed by atoms with E-state index in [1.165, 1.54) is 0 Å². The zero-order valence-corrected chi connectivity index (χ0v) is 16.4. The number of nitrogens with one attached hydrogen (secondary N) is 1. The molecular weight excluding hydrogens is 356 g/mol. The first kappa shape index (κ1) is 20.5. The Morgan fingerprint density at radius 3 is 2.39 bits per heavy atom. The molecule has 0 aromatic heterocycles. The number of morpholine rings is 1. The van der Waals surface area contributed by atoms with Crippen molar-refractivity contribution < 1.29 is 14.3 Å². The van der Waals surface area contributed by atoms with Gasteiger partial charge in [0, 0.05) is 45.8 Å². The Bertz CT molecular complexity index is 653. The van der Waals surface area contributed by atoms with Crippen LogP contribution in [0.4, 0.5) is 0 Å². The number of benzene rings is 1. The lowest BCUT2D eigenvalue weighted by molar-refractivity contribution is -0.142. The summed E-state index contributed by atoms with van der Waals surface area (Å²) in [7, 11) is 0. The Morgan fingerprint density at radius 1 is 1.07 bits per heavy atom. The Kier molecular flexibility index (Phi) is 7.59. The number of amides is 2. The Labute approximate surface area is 166 Å². The molecule has 7 nitrogen and oxygen atoms in total. The van der Waals surface area contributed by atoms with Gasteiger partial charge in [-0.25, -0.2) is 0 Å². The molecule has 0 bridgehead atoms. The van der Waals surface area contributed by atoms with Gasteiger partial charge in [-0.15, -0.1) is 6.58 Å². The third-order valence-electron chi connectivity index (χ3n) is 5.25. The summed E-state index contributed by atoms with van der Waals surface area (Å²) in [4.78, 5) is 31.5. The Morgan fingerprint density at radius 2 is 1.75 bits per heavy atom. The number of hydrogen-bond donors (Lipinski definition) is 1. The van der Waals surface area contributed by atoms with Gasteiger partial charge in [0.25, 0.3) is 0 Å². The fraction of sp³-hybridized carbons (Fsp3) is 0.524. The van der Waals surface area contributed by atoms with Crippen LogP contribution in [0.15, 0.2) is 43.0 Å². The summed E-state index contributed by atoms with van der Waals surface area (Å²) in [5.74, 6) is 0.157. The van der Waals surface area contributed by atoms with E-state index in [-0.39, 0.29) is 17.9 Å². The number of nitrogens with zero attached hydrogens (tertiary/aromatic N) is 3. The Hall–Kier alpha value is -2.22. The molecule has 7 heteroatoms. The number of carbonyl (C=O) groups is 2. The first-order valence-corrected chi connectivity index (χ1v) is 9.94. The van der Waals surface area contributed by atoms with Crippen LogP contribution in [0.2, 0.25) is 0 Å². The SMILES string of the molecule is C=CCNC(=O)CN1CCN(C(C(=O)N2CCOCC2)c2ccccc2)CC1. The van der Waals surface area contributed by atoms with E-state index in [4.69, 9.17) is 4.74 Å². The van der Waals surface area contributed by atoms with Gasteiger partial charge in [-0.05, 0) is 5.56 Å². The molecule has 2 saturated heterocycles. The van der Waals surface area contributed by atoms with E-state index in [0.29, 0.717) is 39.4 Å². The highest BCUT2D eigenvalue weighted by molar-refractivity contribution is 5.83. The van der Waals surface area contributed by atoms with E-state index in [9.17, 15) is 9.59 Å². The molecule has 1 atom stereocenters. The lowest BCUT2D eigenvalue weighted by atomic mass is 10.0. The van der Waals surface area contributed by atoms with Crippen molar-refractivity contribution in [3.8, 4) is 0 Å². The molecular formula is C21H30N4O3. The molecule has 2 amide bonds. The van der Waals surface area contributed by atoms with Crippen molar-refractivity contribution in [3.05, 3.63) is 48.6 Å². The second-order valence-electron chi connectivity index (χ2n) is 7.16. The van der Waals surface area contributed by atoms with Gasteiger partial charge in [0.15, 0.2) is 0 Å². The van der Waals surface area contributed by atoms with Crippen LogP contribution in [0.25, 0.3) is 0 Å². The van der Waals surface area contributed by atoms with Gasteiger partial charge >= 0.3 is 0 Å². The van der Waals surface area contributed by atoms with Crippen LogP contribution in [-0.4, -0.2) is 92.1 Å². The second-order valence-corrected chi connectivity index (χ2v) is 7.16. The van der Waals surface area contributed by atoms with Gasteiger partial charge in [-0.2, -0.15) is 0 Å². The number of piperazine rings is 1. The van der Waals surface area contributed by atoms with Crippen LogP contribution in [-0.2, 0) is 14.3 Å². The first-order valence-electron chi connectivity index (χ1n) is 9.94. The van der Waals surface area contributed by atoms with Crippen LogP contribution in [0.3, 0.4) is 0 Å². The largest absolute Gasteiger partial charge is 0.378 e. The van der Waals surface area contributed by atoms with Crippen molar-refractivity contribution in [1.29, 1.82) is 0 Å². The van der Waals surface area contributed by atoms with E-state index >= 15 is 0 Å². The molecule has 0 saturated carbocycles. The molecule has 1 aromatic rings. The normalized spacial score (nSPS) is 19.8. The van der Waals surface area contributed by atoms with Crippen molar-refractivity contribution in [2.24, 2.45) is 0 Å². The molecule has 1 unspecified atom stereocenters. The van der Waals surface area contributed by atoms with Gasteiger partial charge in [0.1, 0.15) is 6.04 Å². The maximum Gasteiger partial charge on any atom is 0.244 e. The van der Waals surface area contributed by atoms with E-state index < -0.39 is 0 Å². The number of rotatable bonds is 7.